The molecule has 0 saturated carbocycles. The van der Waals surface area contributed by atoms with Crippen molar-refractivity contribution in [1.82, 2.24) is 0 Å². The quantitative estimate of drug-likeness (QED) is 0.337. The van der Waals surface area contributed by atoms with Crippen molar-refractivity contribution in [3.05, 3.63) is 24.8 Å². The maximum Gasteiger partial charge on any atom is 0.0647 e. The second-order valence-electron chi connectivity index (χ2n) is 3.19. The second-order valence-corrected chi connectivity index (χ2v) is 3.19. The first-order chi connectivity index (χ1) is 8.83. The average molecular weight is 255 g/mol. The molecule has 2 heteroatoms. The van der Waals surface area contributed by atoms with Crippen LogP contribution in [0.25, 0.3) is 0 Å². The molecule has 0 unspecified atom stereocenters. The van der Waals surface area contributed by atoms with Gasteiger partial charge in [0, 0.05) is 19.4 Å². The molecule has 18 heavy (non-hydrogen) atoms. The Morgan fingerprint density at radius 2 is 1.78 bits per heavy atom. The van der Waals surface area contributed by atoms with Gasteiger partial charge in [-0.3, -0.25) is 4.99 Å². The highest BCUT2D eigenvalue weighted by Crippen LogP contribution is 1.88. The first-order valence-corrected chi connectivity index (χ1v) is 7.16. The molecule has 0 heterocycles. The van der Waals surface area contributed by atoms with E-state index in [1.807, 2.05) is 20.8 Å². The minimum absolute atomic E-state index is 0.786. The molecule has 0 rings (SSSR count). The molecule has 0 bridgehead atoms. The van der Waals surface area contributed by atoms with Crippen LogP contribution in [0.2, 0.25) is 0 Å². The average Bonchev–Trinajstić information content (AvgIpc) is 2.43. The zero-order valence-electron chi connectivity index (χ0n) is 13.1. The lowest BCUT2D eigenvalue weighted by atomic mass is 10.4. The maximum atomic E-state index is 5.29. The highest BCUT2D eigenvalue weighted by Gasteiger charge is 1.81. The van der Waals surface area contributed by atoms with Crippen molar-refractivity contribution in [3.8, 4) is 0 Å². The standard InChI is InChI=1S/C9H18O.C5H9N.C2H6/c1-3-5-7-9-10-8-6-4-2;1-3-5-6-4-2;1-2/h5,7H,3-4,6,8-9H2,1-2H3;3,5H,1,4H2,2H3;1-2H3/b7-5+;;. The van der Waals surface area contributed by atoms with Crippen LogP contribution in [0.1, 0.15) is 53.9 Å². The smallest absolute Gasteiger partial charge is 0.0647 e. The number of ether oxygens (including phenoxy) is 1. The van der Waals surface area contributed by atoms with E-state index in [2.05, 4.69) is 37.6 Å². The van der Waals surface area contributed by atoms with Crippen LogP contribution in [0.5, 0.6) is 0 Å². The van der Waals surface area contributed by atoms with Gasteiger partial charge in [-0.2, -0.15) is 0 Å². The Morgan fingerprint density at radius 1 is 1.11 bits per heavy atom. The third kappa shape index (κ3) is 36.2. The van der Waals surface area contributed by atoms with E-state index in [-0.39, 0.29) is 0 Å². The monoisotopic (exact) mass is 255 g/mol. The van der Waals surface area contributed by atoms with Gasteiger partial charge in [0.1, 0.15) is 0 Å². The van der Waals surface area contributed by atoms with Crippen LogP contribution in [0.4, 0.5) is 0 Å². The van der Waals surface area contributed by atoms with Crippen molar-refractivity contribution in [1.29, 1.82) is 0 Å². The first-order valence-electron chi connectivity index (χ1n) is 7.16. The Balaban J connectivity index is -0.000000241. The lowest BCUT2D eigenvalue weighted by Crippen LogP contribution is -1.92. The van der Waals surface area contributed by atoms with Gasteiger partial charge in [-0.05, 0) is 19.8 Å². The van der Waals surface area contributed by atoms with E-state index in [1.54, 1.807) is 12.3 Å². The van der Waals surface area contributed by atoms with E-state index in [0.717, 1.165) is 26.2 Å². The molecule has 0 fully saturated rings. The lowest BCUT2D eigenvalue weighted by molar-refractivity contribution is 0.159. The molecular formula is C16H33NO. The molecule has 0 aliphatic rings. The summed E-state index contributed by atoms with van der Waals surface area (Å²) < 4.78 is 5.29. The number of nitrogens with zero attached hydrogens (tertiary/aromatic N) is 1. The first kappa shape index (κ1) is 22.3. The molecule has 0 amide bonds. The van der Waals surface area contributed by atoms with Gasteiger partial charge in [0.05, 0.1) is 6.61 Å². The van der Waals surface area contributed by atoms with Gasteiger partial charge in [-0.1, -0.05) is 58.9 Å². The highest BCUT2D eigenvalue weighted by atomic mass is 16.5. The van der Waals surface area contributed by atoms with Crippen molar-refractivity contribution in [2.45, 2.75) is 53.9 Å². The zero-order chi connectivity index (χ0) is 14.5. The Morgan fingerprint density at radius 3 is 2.17 bits per heavy atom. The SMILES string of the molecule is C=CC=NCC.CC.CC/C=C/COCCCC. The van der Waals surface area contributed by atoms with E-state index < -0.39 is 0 Å². The highest BCUT2D eigenvalue weighted by molar-refractivity contribution is 5.69. The third-order valence-corrected chi connectivity index (χ3v) is 1.65. The Labute approximate surface area is 115 Å². The van der Waals surface area contributed by atoms with Crippen LogP contribution in [0, 0.1) is 0 Å². The molecule has 0 aromatic rings. The summed E-state index contributed by atoms with van der Waals surface area (Å²) in [6, 6.07) is 0. The third-order valence-electron chi connectivity index (χ3n) is 1.65. The molecule has 0 radical (unpaired) electrons. The van der Waals surface area contributed by atoms with E-state index >= 15 is 0 Å². The molecule has 2 nitrogen and oxygen atoms in total. The number of hydrogen-bond acceptors (Lipinski definition) is 2. The summed E-state index contributed by atoms with van der Waals surface area (Å²) in [5.74, 6) is 0. The topological polar surface area (TPSA) is 21.6 Å². The normalized spacial score (nSPS) is 9.61. The van der Waals surface area contributed by atoms with E-state index in [1.165, 1.54) is 12.8 Å². The van der Waals surface area contributed by atoms with E-state index in [9.17, 15) is 0 Å². The Hall–Kier alpha value is -0.890. The van der Waals surface area contributed by atoms with E-state index in [0.29, 0.717) is 0 Å². The van der Waals surface area contributed by atoms with Crippen LogP contribution in [0.3, 0.4) is 0 Å². The molecular weight excluding hydrogens is 222 g/mol. The molecule has 0 spiro atoms. The summed E-state index contributed by atoms with van der Waals surface area (Å²) in [5, 5.41) is 0. The van der Waals surface area contributed by atoms with Gasteiger partial charge in [-0.25, -0.2) is 0 Å². The van der Waals surface area contributed by atoms with Crippen molar-refractivity contribution >= 4 is 6.21 Å². The summed E-state index contributed by atoms with van der Waals surface area (Å²) in [4.78, 5) is 3.85. The summed E-state index contributed by atoms with van der Waals surface area (Å²) >= 11 is 0. The Bertz CT molecular complexity index is 174. The van der Waals surface area contributed by atoms with Crippen molar-refractivity contribution in [2.75, 3.05) is 19.8 Å². The number of rotatable bonds is 8. The summed E-state index contributed by atoms with van der Waals surface area (Å²) in [5.41, 5.74) is 0. The molecule has 0 saturated heterocycles. The molecule has 0 aliphatic carbocycles. The number of aliphatic imine (C=N–C) groups is 1. The van der Waals surface area contributed by atoms with Crippen LogP contribution in [-0.2, 0) is 4.74 Å². The van der Waals surface area contributed by atoms with Crippen LogP contribution in [-0.4, -0.2) is 26.0 Å². The fraction of sp³-hybridized carbons (Fsp3) is 0.688. The molecule has 0 atom stereocenters. The minimum Gasteiger partial charge on any atom is -0.377 e. The largest absolute Gasteiger partial charge is 0.377 e. The van der Waals surface area contributed by atoms with Crippen molar-refractivity contribution in [3.63, 3.8) is 0 Å². The maximum absolute atomic E-state index is 5.29. The predicted molar refractivity (Wildman–Crippen MR) is 85.7 cm³/mol. The fourth-order valence-electron chi connectivity index (χ4n) is 0.812. The van der Waals surface area contributed by atoms with Crippen LogP contribution in [0.15, 0.2) is 29.8 Å². The summed E-state index contributed by atoms with van der Waals surface area (Å²) in [6.07, 6.45) is 11.1. The fourth-order valence-corrected chi connectivity index (χ4v) is 0.812. The van der Waals surface area contributed by atoms with Gasteiger partial charge in [-0.15, -0.1) is 0 Å². The Kier molecular flexibility index (Phi) is 36.9. The van der Waals surface area contributed by atoms with Crippen molar-refractivity contribution in [2.24, 2.45) is 4.99 Å². The summed E-state index contributed by atoms with van der Waals surface area (Å²) in [6.45, 7) is 16.3. The minimum atomic E-state index is 0.786. The molecule has 108 valence electrons. The molecule has 0 aromatic heterocycles. The van der Waals surface area contributed by atoms with Gasteiger partial charge < -0.3 is 4.74 Å². The number of unbranched alkanes of at least 4 members (excludes halogenated alkanes) is 1. The van der Waals surface area contributed by atoms with Gasteiger partial charge in [0.25, 0.3) is 0 Å². The molecule has 0 N–H and O–H groups in total. The number of hydrogen-bond donors (Lipinski definition) is 0. The molecule has 0 aliphatic heterocycles. The van der Waals surface area contributed by atoms with Gasteiger partial charge in [0.2, 0.25) is 0 Å². The lowest BCUT2D eigenvalue weighted by Gasteiger charge is -1.96. The summed E-state index contributed by atoms with van der Waals surface area (Å²) in [7, 11) is 0. The molecule has 0 aromatic carbocycles. The van der Waals surface area contributed by atoms with Crippen LogP contribution >= 0.6 is 0 Å². The second kappa shape index (κ2) is 29.8. The van der Waals surface area contributed by atoms with Gasteiger partial charge in [0.15, 0.2) is 0 Å². The van der Waals surface area contributed by atoms with Gasteiger partial charge >= 0.3 is 0 Å². The van der Waals surface area contributed by atoms with E-state index in [4.69, 9.17) is 4.74 Å². The number of allylic oxidation sites excluding steroid dienone is 2. The van der Waals surface area contributed by atoms with Crippen molar-refractivity contribution < 1.29 is 4.74 Å². The van der Waals surface area contributed by atoms with Crippen LogP contribution < -0.4 is 0 Å². The zero-order valence-corrected chi connectivity index (χ0v) is 13.1. The predicted octanol–water partition coefficient (Wildman–Crippen LogP) is 5.06.